The lowest BCUT2D eigenvalue weighted by molar-refractivity contribution is -0.158. The number of carbonyl (C=O) groups excluding carboxylic acids is 9. The number of benzene rings is 1. The first-order valence-electron chi connectivity index (χ1n) is 26.4. The molecule has 1 rings (SSSR count). The molecule has 6 amide bonds. The molecular weight excluding hydrogens is 981 g/mol. The van der Waals surface area contributed by atoms with Gasteiger partial charge in [0.25, 0.3) is 0 Å². The van der Waals surface area contributed by atoms with Gasteiger partial charge in [0, 0.05) is 33.5 Å². The van der Waals surface area contributed by atoms with E-state index in [1.165, 1.54) is 14.2 Å². The smallest absolute Gasteiger partial charge is 0.308 e. The monoisotopic (exact) mass is 1070 g/mol. The number of methoxy groups -OCH3 is 2. The van der Waals surface area contributed by atoms with E-state index in [0.29, 0.717) is 17.9 Å². The Hall–Kier alpha value is -5.63. The second-order valence-corrected chi connectivity index (χ2v) is 24.3. The Bertz CT molecular complexity index is 2100. The Morgan fingerprint density at radius 1 is 0.487 bits per heavy atom. The van der Waals surface area contributed by atoms with Crippen molar-refractivity contribution in [2.24, 2.45) is 17.3 Å². The highest BCUT2D eigenvalue weighted by atomic mass is 16.7. The highest BCUT2D eigenvalue weighted by molar-refractivity contribution is 5.98. The van der Waals surface area contributed by atoms with E-state index >= 15 is 0 Å². The Balaban J connectivity index is 3.80. The Morgan fingerprint density at radius 2 is 0.961 bits per heavy atom. The van der Waals surface area contributed by atoms with Crippen molar-refractivity contribution in [2.45, 2.75) is 235 Å². The minimum Gasteiger partial charge on any atom is -0.460 e. The fourth-order valence-corrected chi connectivity index (χ4v) is 7.74. The summed E-state index contributed by atoms with van der Waals surface area (Å²) in [6, 6.07) is -0.304. The minimum absolute atomic E-state index is 0.0426. The molecule has 0 unspecified atom stereocenters. The molecule has 0 aliphatic rings. The summed E-state index contributed by atoms with van der Waals surface area (Å²) in [7, 11) is 2.96. The molecule has 6 N–H and O–H groups in total. The van der Waals surface area contributed by atoms with Gasteiger partial charge >= 0.3 is 17.9 Å². The standard InChI is InChI=1S/C56H94N6O14/c1-33(2)24-25-38(52(72-18)73-19)59-48(68)39(30-34(3)4)61-51(71)46(53(6,7)8)62-50(70)40(31-36-23-21-20-22-35(36)5)60-47(67)37(26-28-43(64)74-54(9,10)11)58-49(69)41(32-45(66)76-56(15,16)17)57-42(63)27-29-44(65)75-55(12,13)14/h20-23,33-34,37-41,46,52H,24-32H2,1-19H3,(H,57,63)(H,58,69)(H,59,68)(H,60,67)(H,61,71)(H,62,70)/t37-,38-,39-,40-,41-,46+/m0/s1. The molecule has 0 heterocycles. The van der Waals surface area contributed by atoms with Gasteiger partial charge in [-0.1, -0.05) is 72.7 Å². The highest BCUT2D eigenvalue weighted by Crippen LogP contribution is 2.22. The maximum atomic E-state index is 14.8. The van der Waals surface area contributed by atoms with Crippen molar-refractivity contribution in [1.82, 2.24) is 31.9 Å². The van der Waals surface area contributed by atoms with E-state index in [1.807, 2.05) is 26.8 Å². The molecule has 20 nitrogen and oxygen atoms in total. The zero-order valence-corrected chi connectivity index (χ0v) is 49.1. The van der Waals surface area contributed by atoms with Crippen molar-refractivity contribution in [3.05, 3.63) is 35.4 Å². The number of rotatable bonds is 29. The van der Waals surface area contributed by atoms with Crippen LogP contribution in [0.2, 0.25) is 0 Å². The van der Waals surface area contributed by atoms with E-state index in [1.54, 1.807) is 101 Å². The van der Waals surface area contributed by atoms with Gasteiger partial charge in [-0.05, 0) is 123 Å². The molecule has 432 valence electrons. The maximum absolute atomic E-state index is 14.8. The van der Waals surface area contributed by atoms with E-state index in [0.717, 1.165) is 12.0 Å². The van der Waals surface area contributed by atoms with Gasteiger partial charge in [-0.3, -0.25) is 43.2 Å². The van der Waals surface area contributed by atoms with Crippen LogP contribution < -0.4 is 31.9 Å². The number of esters is 3. The molecule has 0 aromatic heterocycles. The molecule has 0 radical (unpaired) electrons. The van der Waals surface area contributed by atoms with Crippen LogP contribution in [0.1, 0.15) is 173 Å². The first-order valence-corrected chi connectivity index (χ1v) is 26.4. The number of amides is 6. The zero-order valence-electron chi connectivity index (χ0n) is 49.1. The lowest BCUT2D eigenvalue weighted by Crippen LogP contribution is -2.62. The SMILES string of the molecule is COC(OC)[C@H](CCC(C)C)NC(=O)[C@H](CC(C)C)NC(=O)[C@@H](NC(=O)[C@H](Cc1ccccc1C)NC(=O)[C@H](CCC(=O)OC(C)(C)C)NC(=O)[C@H](CC(=O)OC(C)(C)C)NC(=O)CCC(=O)OC(C)(C)C)C(C)(C)C. The average molecular weight is 1080 g/mol. The number of nitrogens with one attached hydrogen (secondary N) is 6. The largest absolute Gasteiger partial charge is 0.460 e. The number of carbonyl (C=O) groups is 9. The fourth-order valence-electron chi connectivity index (χ4n) is 7.74. The third-order valence-electron chi connectivity index (χ3n) is 11.4. The second kappa shape index (κ2) is 30.9. The van der Waals surface area contributed by atoms with Gasteiger partial charge in [0.2, 0.25) is 35.4 Å². The number of aryl methyl sites for hydroxylation is 1. The van der Waals surface area contributed by atoms with Crippen LogP contribution in [0.4, 0.5) is 0 Å². The quantitative estimate of drug-likeness (QED) is 0.0326. The van der Waals surface area contributed by atoms with Crippen LogP contribution >= 0.6 is 0 Å². The van der Waals surface area contributed by atoms with E-state index in [9.17, 15) is 43.2 Å². The zero-order chi connectivity index (χ0) is 58.5. The van der Waals surface area contributed by atoms with Crippen LogP contribution in [0.25, 0.3) is 0 Å². The minimum atomic E-state index is -1.64. The predicted octanol–water partition coefficient (Wildman–Crippen LogP) is 5.57. The first-order chi connectivity index (χ1) is 34.8. The molecule has 0 saturated carbocycles. The summed E-state index contributed by atoms with van der Waals surface area (Å²) in [6.07, 6.45) is -1.50. The van der Waals surface area contributed by atoms with E-state index in [4.69, 9.17) is 23.7 Å². The van der Waals surface area contributed by atoms with Crippen molar-refractivity contribution in [2.75, 3.05) is 14.2 Å². The number of ether oxygens (including phenoxy) is 5. The van der Waals surface area contributed by atoms with Crippen LogP contribution in [0, 0.1) is 24.2 Å². The van der Waals surface area contributed by atoms with Crippen LogP contribution in [0.15, 0.2) is 24.3 Å². The van der Waals surface area contributed by atoms with E-state index < -0.39 is 137 Å². The van der Waals surface area contributed by atoms with Crippen LogP contribution in [-0.2, 0) is 73.3 Å². The molecular formula is C56H94N6O14. The summed E-state index contributed by atoms with van der Waals surface area (Å²) in [5.74, 6) is -6.61. The second-order valence-electron chi connectivity index (χ2n) is 24.3. The third kappa shape index (κ3) is 27.9. The summed E-state index contributed by atoms with van der Waals surface area (Å²) in [6.45, 7) is 29.8. The van der Waals surface area contributed by atoms with Crippen LogP contribution in [-0.4, -0.2) is 127 Å². The number of hydrogen-bond donors (Lipinski definition) is 6. The molecule has 0 spiro atoms. The predicted molar refractivity (Wildman–Crippen MR) is 288 cm³/mol. The van der Waals surface area contributed by atoms with Crippen molar-refractivity contribution >= 4 is 53.4 Å². The normalized spacial score (nSPS) is 14.6. The summed E-state index contributed by atoms with van der Waals surface area (Å²) >= 11 is 0. The Labute approximate surface area is 452 Å². The van der Waals surface area contributed by atoms with Gasteiger partial charge < -0.3 is 55.6 Å². The summed E-state index contributed by atoms with van der Waals surface area (Å²) < 4.78 is 27.3. The van der Waals surface area contributed by atoms with Gasteiger partial charge in [0.15, 0.2) is 6.29 Å². The summed E-state index contributed by atoms with van der Waals surface area (Å²) in [5, 5.41) is 16.6. The first kappa shape index (κ1) is 68.4. The van der Waals surface area contributed by atoms with Crippen molar-refractivity contribution < 1.29 is 66.8 Å². The Kier molecular flexibility index (Phi) is 27.8. The fraction of sp³-hybridized carbons (Fsp3) is 0.732. The number of hydrogen-bond acceptors (Lipinski definition) is 14. The third-order valence-corrected chi connectivity index (χ3v) is 11.4. The molecule has 1 aromatic rings. The molecule has 0 bridgehead atoms. The molecule has 1 aromatic carbocycles. The van der Waals surface area contributed by atoms with Crippen molar-refractivity contribution in [3.8, 4) is 0 Å². The molecule has 0 aliphatic heterocycles. The lowest BCUT2D eigenvalue weighted by Gasteiger charge is -2.34. The van der Waals surface area contributed by atoms with E-state index in [-0.39, 0.29) is 31.6 Å². The van der Waals surface area contributed by atoms with Crippen molar-refractivity contribution in [1.29, 1.82) is 0 Å². The van der Waals surface area contributed by atoms with Crippen LogP contribution in [0.5, 0.6) is 0 Å². The topological polar surface area (TPSA) is 272 Å². The Morgan fingerprint density at radius 3 is 1.46 bits per heavy atom. The lowest BCUT2D eigenvalue weighted by atomic mass is 9.85. The van der Waals surface area contributed by atoms with Gasteiger partial charge in [0.1, 0.15) is 47.0 Å². The van der Waals surface area contributed by atoms with Gasteiger partial charge in [-0.2, -0.15) is 0 Å². The molecule has 0 fully saturated rings. The van der Waals surface area contributed by atoms with Gasteiger partial charge in [-0.15, -0.1) is 0 Å². The highest BCUT2D eigenvalue weighted by Gasteiger charge is 2.39. The summed E-state index contributed by atoms with van der Waals surface area (Å²) in [4.78, 5) is 124. The molecule has 6 atom stereocenters. The molecule has 0 aliphatic carbocycles. The van der Waals surface area contributed by atoms with Crippen molar-refractivity contribution in [3.63, 3.8) is 0 Å². The molecule has 76 heavy (non-hydrogen) atoms. The van der Waals surface area contributed by atoms with Gasteiger partial charge in [0.05, 0.1) is 18.9 Å². The van der Waals surface area contributed by atoms with E-state index in [2.05, 4.69) is 45.7 Å². The summed E-state index contributed by atoms with van der Waals surface area (Å²) in [5.41, 5.74) is -2.23. The van der Waals surface area contributed by atoms with Crippen LogP contribution in [0.3, 0.4) is 0 Å². The molecule has 20 heteroatoms. The molecule has 0 saturated heterocycles. The average Bonchev–Trinajstić information content (AvgIpc) is 3.25. The van der Waals surface area contributed by atoms with Gasteiger partial charge in [-0.25, -0.2) is 0 Å². The maximum Gasteiger partial charge on any atom is 0.308 e.